The molecule has 2 aromatic rings. The van der Waals surface area contributed by atoms with E-state index in [4.69, 9.17) is 16.3 Å². The van der Waals surface area contributed by atoms with E-state index in [-0.39, 0.29) is 0 Å². The first-order chi connectivity index (χ1) is 10.6. The molecule has 0 heterocycles. The molecule has 0 aromatic heterocycles. The van der Waals surface area contributed by atoms with Crippen molar-refractivity contribution < 1.29 is 9.84 Å². The zero-order chi connectivity index (χ0) is 15.9. The second-order valence-electron chi connectivity index (χ2n) is 5.18. The number of rotatable bonds is 7. The van der Waals surface area contributed by atoms with E-state index in [1.165, 1.54) is 0 Å². The minimum Gasteiger partial charge on any atom is -0.493 e. The van der Waals surface area contributed by atoms with Crippen molar-refractivity contribution in [2.75, 3.05) is 25.1 Å². The summed E-state index contributed by atoms with van der Waals surface area (Å²) >= 11 is 6.04. The third-order valence-corrected chi connectivity index (χ3v) is 3.80. The first-order valence-electron chi connectivity index (χ1n) is 7.48. The molecule has 3 nitrogen and oxygen atoms in total. The van der Waals surface area contributed by atoms with Gasteiger partial charge in [0.2, 0.25) is 0 Å². The molecule has 0 fully saturated rings. The molecule has 0 spiro atoms. The van der Waals surface area contributed by atoms with Gasteiger partial charge in [-0.3, -0.25) is 0 Å². The number of hydrogen-bond acceptors (Lipinski definition) is 3. The molecule has 2 aromatic carbocycles. The average Bonchev–Trinajstić information content (AvgIpc) is 2.55. The van der Waals surface area contributed by atoms with Crippen LogP contribution in [0.1, 0.15) is 25.0 Å². The molecule has 0 amide bonds. The summed E-state index contributed by atoms with van der Waals surface area (Å²) < 4.78 is 5.57. The molecular weight excluding hydrogens is 298 g/mol. The Kier molecular flexibility index (Phi) is 6.10. The van der Waals surface area contributed by atoms with Gasteiger partial charge in [0.15, 0.2) is 0 Å². The Labute approximate surface area is 137 Å². The molecule has 0 saturated carbocycles. The smallest absolute Gasteiger partial charge is 0.125 e. The number of para-hydroxylation sites is 1. The summed E-state index contributed by atoms with van der Waals surface area (Å²) in [5.41, 5.74) is 1.88. The number of hydrogen-bond donors (Lipinski definition) is 1. The molecule has 0 aliphatic heterocycles. The van der Waals surface area contributed by atoms with Crippen molar-refractivity contribution in [3.05, 3.63) is 59.1 Å². The number of nitrogens with zero attached hydrogens (tertiary/aromatic N) is 1. The van der Waals surface area contributed by atoms with Gasteiger partial charge in [-0.05, 0) is 43.7 Å². The third-order valence-electron chi connectivity index (χ3n) is 3.57. The predicted molar refractivity (Wildman–Crippen MR) is 91.9 cm³/mol. The minimum absolute atomic E-state index is 0.561. The Hall–Kier alpha value is -1.71. The third kappa shape index (κ3) is 4.39. The number of benzene rings is 2. The Balaban J connectivity index is 2.03. The maximum absolute atomic E-state index is 10.5. The fraction of sp³-hybridized carbons (Fsp3) is 0.333. The topological polar surface area (TPSA) is 32.7 Å². The molecule has 22 heavy (non-hydrogen) atoms. The maximum Gasteiger partial charge on any atom is 0.125 e. The van der Waals surface area contributed by atoms with Crippen LogP contribution < -0.4 is 9.64 Å². The van der Waals surface area contributed by atoms with Gasteiger partial charge in [0.25, 0.3) is 0 Å². The average molecular weight is 320 g/mol. The molecule has 118 valence electrons. The number of aliphatic hydroxyl groups excluding tert-OH is 1. The highest BCUT2D eigenvalue weighted by molar-refractivity contribution is 6.30. The Morgan fingerprint density at radius 2 is 1.91 bits per heavy atom. The zero-order valence-corrected chi connectivity index (χ0v) is 13.8. The van der Waals surface area contributed by atoms with Gasteiger partial charge >= 0.3 is 0 Å². The van der Waals surface area contributed by atoms with Gasteiger partial charge in [-0.1, -0.05) is 29.8 Å². The monoisotopic (exact) mass is 319 g/mol. The molecule has 4 heteroatoms. The van der Waals surface area contributed by atoms with Gasteiger partial charge in [0.05, 0.1) is 12.7 Å². The van der Waals surface area contributed by atoms with Crippen LogP contribution in [-0.4, -0.2) is 25.3 Å². The molecule has 1 unspecified atom stereocenters. The summed E-state index contributed by atoms with van der Waals surface area (Å²) in [6, 6.07) is 15.5. The van der Waals surface area contributed by atoms with Gasteiger partial charge in [0.1, 0.15) is 5.75 Å². The molecule has 0 aliphatic carbocycles. The van der Waals surface area contributed by atoms with Crippen LogP contribution in [0, 0.1) is 0 Å². The lowest BCUT2D eigenvalue weighted by molar-refractivity contribution is 0.164. The molecule has 0 radical (unpaired) electrons. The molecule has 1 N–H and O–H groups in total. The van der Waals surface area contributed by atoms with Crippen molar-refractivity contribution in [2.24, 2.45) is 0 Å². The van der Waals surface area contributed by atoms with Crippen LogP contribution >= 0.6 is 11.6 Å². The van der Waals surface area contributed by atoms with E-state index in [2.05, 4.69) is 17.0 Å². The second-order valence-corrected chi connectivity index (χ2v) is 5.61. The molecular formula is C18H22ClNO2. The summed E-state index contributed by atoms with van der Waals surface area (Å²) in [5, 5.41) is 11.1. The molecule has 1 atom stereocenters. The largest absolute Gasteiger partial charge is 0.493 e. The second kappa shape index (κ2) is 8.06. The minimum atomic E-state index is -0.605. The molecule has 0 bridgehead atoms. The molecule has 2 rings (SSSR count). The lowest BCUT2D eigenvalue weighted by atomic mass is 10.0. The Morgan fingerprint density at radius 3 is 2.59 bits per heavy atom. The number of halogens is 1. The number of anilines is 1. The maximum atomic E-state index is 10.5. The van der Waals surface area contributed by atoms with Crippen molar-refractivity contribution in [1.82, 2.24) is 0 Å². The van der Waals surface area contributed by atoms with E-state index in [1.807, 2.05) is 38.2 Å². The fourth-order valence-electron chi connectivity index (χ4n) is 2.35. The van der Waals surface area contributed by atoms with Crippen molar-refractivity contribution in [3.8, 4) is 5.75 Å². The van der Waals surface area contributed by atoms with E-state index in [1.54, 1.807) is 12.1 Å². The van der Waals surface area contributed by atoms with Gasteiger partial charge in [-0.2, -0.15) is 0 Å². The summed E-state index contributed by atoms with van der Waals surface area (Å²) in [6.45, 7) is 3.22. The zero-order valence-electron chi connectivity index (χ0n) is 13.0. The fourth-order valence-corrected chi connectivity index (χ4v) is 2.53. The number of ether oxygens (including phenoxy) is 1. The number of aliphatic hydroxyl groups is 1. The quantitative estimate of drug-likeness (QED) is 0.826. The Morgan fingerprint density at radius 1 is 1.18 bits per heavy atom. The van der Waals surface area contributed by atoms with Gasteiger partial charge in [0, 0.05) is 29.9 Å². The van der Waals surface area contributed by atoms with Crippen LogP contribution in [0.3, 0.4) is 0 Å². The normalized spacial score (nSPS) is 12.0. The van der Waals surface area contributed by atoms with Gasteiger partial charge in [-0.25, -0.2) is 0 Å². The van der Waals surface area contributed by atoms with Gasteiger partial charge in [-0.15, -0.1) is 0 Å². The van der Waals surface area contributed by atoms with Crippen LogP contribution in [0.25, 0.3) is 0 Å². The van der Waals surface area contributed by atoms with Crippen molar-refractivity contribution in [1.29, 1.82) is 0 Å². The van der Waals surface area contributed by atoms with Crippen LogP contribution in [-0.2, 0) is 0 Å². The van der Waals surface area contributed by atoms with Gasteiger partial charge < -0.3 is 14.7 Å². The summed E-state index contributed by atoms with van der Waals surface area (Å²) in [6.07, 6.45) is -0.00219. The van der Waals surface area contributed by atoms with E-state index in [0.29, 0.717) is 23.8 Å². The summed E-state index contributed by atoms with van der Waals surface area (Å²) in [4.78, 5) is 2.12. The predicted octanol–water partition coefficient (Wildman–Crippen LogP) is 4.30. The van der Waals surface area contributed by atoms with Crippen LogP contribution in [0.15, 0.2) is 48.5 Å². The Bertz CT molecular complexity index is 589. The lowest BCUT2D eigenvalue weighted by Gasteiger charge is -2.22. The first-order valence-corrected chi connectivity index (χ1v) is 7.86. The molecule has 0 aliphatic rings. The van der Waals surface area contributed by atoms with E-state index in [0.717, 1.165) is 17.8 Å². The van der Waals surface area contributed by atoms with Crippen LogP contribution in [0.4, 0.5) is 5.69 Å². The highest BCUT2D eigenvalue weighted by atomic mass is 35.5. The summed E-state index contributed by atoms with van der Waals surface area (Å²) in [5.74, 6) is 0.696. The highest BCUT2D eigenvalue weighted by Crippen LogP contribution is 2.30. The highest BCUT2D eigenvalue weighted by Gasteiger charge is 2.15. The van der Waals surface area contributed by atoms with Crippen LogP contribution in [0.2, 0.25) is 5.02 Å². The van der Waals surface area contributed by atoms with Crippen LogP contribution in [0.5, 0.6) is 5.75 Å². The van der Waals surface area contributed by atoms with E-state index >= 15 is 0 Å². The first kappa shape index (κ1) is 16.7. The summed E-state index contributed by atoms with van der Waals surface area (Å²) in [7, 11) is 2.02. The van der Waals surface area contributed by atoms with E-state index < -0.39 is 6.10 Å². The molecule has 0 saturated heterocycles. The lowest BCUT2D eigenvalue weighted by Crippen LogP contribution is -2.20. The standard InChI is InChI=1S/C18H22ClNO2/c1-3-22-18-10-9-14(19)13-16(18)17(21)11-12-20(2)15-7-5-4-6-8-15/h4-10,13,17,21H,3,11-12H2,1-2H3. The van der Waals surface area contributed by atoms with Crippen molar-refractivity contribution in [3.63, 3.8) is 0 Å². The van der Waals surface area contributed by atoms with E-state index in [9.17, 15) is 5.11 Å². The van der Waals surface area contributed by atoms with Crippen molar-refractivity contribution >= 4 is 17.3 Å². The van der Waals surface area contributed by atoms with Crippen molar-refractivity contribution in [2.45, 2.75) is 19.4 Å². The SMILES string of the molecule is CCOc1ccc(Cl)cc1C(O)CCN(C)c1ccccc1.